The fourth-order valence-corrected chi connectivity index (χ4v) is 5.22. The molecule has 0 radical (unpaired) electrons. The number of hydrogen-bond donors (Lipinski definition) is 1. The highest BCUT2D eigenvalue weighted by Gasteiger charge is 2.40. The van der Waals surface area contributed by atoms with Crippen molar-refractivity contribution in [2.45, 2.75) is 44.3 Å². The van der Waals surface area contributed by atoms with E-state index in [2.05, 4.69) is 51.8 Å². The summed E-state index contributed by atoms with van der Waals surface area (Å²) < 4.78 is 3.79. The fraction of sp³-hybridized carbons (Fsp3) is 0.407. The lowest BCUT2D eigenvalue weighted by atomic mass is 9.80. The van der Waals surface area contributed by atoms with Crippen LogP contribution in [0, 0.1) is 5.92 Å². The van der Waals surface area contributed by atoms with Gasteiger partial charge in [0, 0.05) is 62.1 Å². The van der Waals surface area contributed by atoms with Crippen molar-refractivity contribution in [2.24, 2.45) is 13.0 Å². The monoisotopic (exact) mass is 444 g/mol. The minimum absolute atomic E-state index is 0.0219. The van der Waals surface area contributed by atoms with Crippen LogP contribution in [0.25, 0.3) is 10.9 Å². The number of hydrogen-bond acceptors (Lipinski definition) is 3. The molecule has 1 aromatic carbocycles. The summed E-state index contributed by atoms with van der Waals surface area (Å²) in [5.41, 5.74) is 3.32. The van der Waals surface area contributed by atoms with Crippen LogP contribution < -0.4 is 10.9 Å². The highest BCUT2D eigenvalue weighted by Crippen LogP contribution is 2.36. The number of fused-ring (bicyclic) bond motifs is 1. The summed E-state index contributed by atoms with van der Waals surface area (Å²) in [5, 5.41) is 4.62. The van der Waals surface area contributed by atoms with Crippen LogP contribution in [0.15, 0.2) is 66.2 Å². The third kappa shape index (κ3) is 4.27. The topological polar surface area (TPSA) is 59.3 Å². The number of rotatable bonds is 7. The van der Waals surface area contributed by atoms with Crippen LogP contribution in [0.3, 0.4) is 0 Å². The van der Waals surface area contributed by atoms with Gasteiger partial charge in [0.1, 0.15) is 0 Å². The Morgan fingerprint density at radius 1 is 1.24 bits per heavy atom. The Kier molecular flexibility index (Phi) is 5.94. The van der Waals surface area contributed by atoms with Crippen molar-refractivity contribution in [3.63, 3.8) is 0 Å². The highest BCUT2D eigenvalue weighted by atomic mass is 16.2. The number of amides is 1. The van der Waals surface area contributed by atoms with Crippen LogP contribution in [-0.4, -0.2) is 39.1 Å². The van der Waals surface area contributed by atoms with E-state index >= 15 is 0 Å². The van der Waals surface area contributed by atoms with Crippen molar-refractivity contribution in [1.29, 1.82) is 0 Å². The molecule has 3 heterocycles. The van der Waals surface area contributed by atoms with E-state index in [0.717, 1.165) is 37.9 Å². The summed E-state index contributed by atoms with van der Waals surface area (Å²) in [7, 11) is 1.76. The first-order chi connectivity index (χ1) is 16.1. The number of carbonyl (C=O) groups excluding carboxylic acids is 1. The second kappa shape index (κ2) is 9.02. The molecule has 172 valence electrons. The van der Waals surface area contributed by atoms with Gasteiger partial charge in [-0.25, -0.2) is 0 Å². The number of pyridine rings is 1. The third-order valence-corrected chi connectivity index (χ3v) is 7.16. The highest BCUT2D eigenvalue weighted by molar-refractivity contribution is 5.85. The van der Waals surface area contributed by atoms with Gasteiger partial charge in [-0.1, -0.05) is 24.3 Å². The number of nitrogens with one attached hydrogen (secondary N) is 1. The Morgan fingerprint density at radius 3 is 2.82 bits per heavy atom. The minimum Gasteiger partial charge on any atom is -0.343 e. The SMILES string of the molecule is C=CCn1cc(CN(C(=O)[C@@H]2CNCC[C@H]2c2ccn(C)c(=O)c2)C2CC2)c2ccccc21. The first-order valence-corrected chi connectivity index (χ1v) is 11.9. The molecule has 1 aliphatic heterocycles. The molecule has 3 aromatic rings. The first kappa shape index (κ1) is 21.7. The summed E-state index contributed by atoms with van der Waals surface area (Å²) in [5.74, 6) is 0.111. The molecule has 33 heavy (non-hydrogen) atoms. The van der Waals surface area contributed by atoms with Crippen molar-refractivity contribution in [2.75, 3.05) is 13.1 Å². The van der Waals surface area contributed by atoms with Crippen LogP contribution in [0.5, 0.6) is 0 Å². The molecule has 1 N–H and O–H groups in total. The maximum absolute atomic E-state index is 14.0. The quantitative estimate of drug-likeness (QED) is 0.568. The molecular weight excluding hydrogens is 412 g/mol. The van der Waals surface area contributed by atoms with E-state index in [4.69, 9.17) is 0 Å². The lowest BCUT2D eigenvalue weighted by Crippen LogP contribution is -2.47. The molecule has 6 nitrogen and oxygen atoms in total. The zero-order valence-electron chi connectivity index (χ0n) is 19.2. The summed E-state index contributed by atoms with van der Waals surface area (Å²) in [4.78, 5) is 28.3. The summed E-state index contributed by atoms with van der Waals surface area (Å²) in [6, 6.07) is 12.4. The van der Waals surface area contributed by atoms with Crippen LogP contribution in [0.1, 0.15) is 36.3 Å². The van der Waals surface area contributed by atoms with Gasteiger partial charge in [0.05, 0.1) is 5.92 Å². The van der Waals surface area contributed by atoms with Gasteiger partial charge in [-0.05, 0) is 55.0 Å². The molecular formula is C27H32N4O2. The molecule has 1 aliphatic carbocycles. The van der Waals surface area contributed by atoms with Crippen LogP contribution in [0.2, 0.25) is 0 Å². The van der Waals surface area contributed by atoms with Crippen molar-refractivity contribution < 1.29 is 4.79 Å². The zero-order valence-corrected chi connectivity index (χ0v) is 19.2. The van der Waals surface area contributed by atoms with E-state index in [1.807, 2.05) is 18.3 Å². The Hall–Kier alpha value is -3.12. The number of para-hydroxylation sites is 1. The number of nitrogens with zero attached hydrogens (tertiary/aromatic N) is 3. The number of aromatic nitrogens is 2. The van der Waals surface area contributed by atoms with Crippen molar-refractivity contribution in [3.8, 4) is 0 Å². The first-order valence-electron chi connectivity index (χ1n) is 11.9. The van der Waals surface area contributed by atoms with Crippen LogP contribution in [0.4, 0.5) is 0 Å². The molecule has 5 rings (SSSR count). The number of allylic oxidation sites excluding steroid dienone is 1. The molecule has 2 aromatic heterocycles. The number of carbonyl (C=O) groups is 1. The van der Waals surface area contributed by atoms with Gasteiger partial charge < -0.3 is 19.4 Å². The summed E-state index contributed by atoms with van der Waals surface area (Å²) in [6.07, 6.45) is 8.88. The predicted octanol–water partition coefficient (Wildman–Crippen LogP) is 3.41. The van der Waals surface area contributed by atoms with Gasteiger partial charge >= 0.3 is 0 Å². The third-order valence-electron chi connectivity index (χ3n) is 7.16. The summed E-state index contributed by atoms with van der Waals surface area (Å²) >= 11 is 0. The molecule has 1 amide bonds. The number of piperidine rings is 1. The maximum Gasteiger partial charge on any atom is 0.250 e. The lowest BCUT2D eigenvalue weighted by Gasteiger charge is -2.35. The largest absolute Gasteiger partial charge is 0.343 e. The van der Waals surface area contributed by atoms with Crippen molar-refractivity contribution in [1.82, 2.24) is 19.4 Å². The second-order valence-corrected chi connectivity index (χ2v) is 9.42. The standard InChI is InChI=1S/C27H32N4O2/c1-3-13-30-17-20(23-6-4-5-7-25(23)30)18-31(21-8-9-21)27(33)24-16-28-12-10-22(24)19-11-14-29(2)26(32)15-19/h3-7,11,14-15,17,21-22,24,28H,1,8-10,12-13,16,18H2,2H3/t22-,24+/m0/s1. The number of benzene rings is 1. The Labute approximate surface area is 194 Å². The van der Waals surface area contributed by atoms with Crippen LogP contribution >= 0.6 is 0 Å². The van der Waals surface area contributed by atoms with E-state index in [0.29, 0.717) is 19.1 Å². The lowest BCUT2D eigenvalue weighted by molar-refractivity contribution is -0.138. The van der Waals surface area contributed by atoms with Crippen molar-refractivity contribution in [3.05, 3.63) is 82.9 Å². The fourth-order valence-electron chi connectivity index (χ4n) is 5.22. The smallest absolute Gasteiger partial charge is 0.250 e. The maximum atomic E-state index is 14.0. The molecule has 1 saturated heterocycles. The van der Waals surface area contributed by atoms with E-state index < -0.39 is 0 Å². The van der Waals surface area contributed by atoms with Crippen molar-refractivity contribution >= 4 is 16.8 Å². The zero-order chi connectivity index (χ0) is 22.9. The summed E-state index contributed by atoms with van der Waals surface area (Å²) in [6.45, 7) is 6.77. The van der Waals surface area contributed by atoms with Gasteiger partial charge in [-0.15, -0.1) is 6.58 Å². The number of aryl methyl sites for hydroxylation is 1. The molecule has 2 aliphatic rings. The molecule has 0 unspecified atom stereocenters. The van der Waals surface area contributed by atoms with E-state index in [1.54, 1.807) is 17.7 Å². The normalized spacial score (nSPS) is 20.6. The average molecular weight is 445 g/mol. The van der Waals surface area contributed by atoms with Gasteiger partial charge in [-0.2, -0.15) is 0 Å². The molecule has 0 bridgehead atoms. The average Bonchev–Trinajstić information content (AvgIpc) is 3.62. The molecule has 2 fully saturated rings. The second-order valence-electron chi connectivity index (χ2n) is 9.42. The van der Waals surface area contributed by atoms with Gasteiger partial charge in [0.15, 0.2) is 0 Å². The Bertz CT molecular complexity index is 1240. The van der Waals surface area contributed by atoms with Gasteiger partial charge in [0.25, 0.3) is 5.56 Å². The molecule has 0 spiro atoms. The minimum atomic E-state index is -0.159. The Morgan fingerprint density at radius 2 is 2.06 bits per heavy atom. The van der Waals surface area contributed by atoms with Crippen LogP contribution in [-0.2, 0) is 24.9 Å². The van der Waals surface area contributed by atoms with Gasteiger partial charge in [-0.3, -0.25) is 9.59 Å². The molecule has 1 saturated carbocycles. The predicted molar refractivity (Wildman–Crippen MR) is 131 cm³/mol. The van der Waals surface area contributed by atoms with E-state index in [9.17, 15) is 9.59 Å². The van der Waals surface area contributed by atoms with Gasteiger partial charge in [0.2, 0.25) is 5.91 Å². The molecule has 6 heteroatoms. The van der Waals surface area contributed by atoms with E-state index in [-0.39, 0.29) is 23.3 Å². The molecule has 2 atom stereocenters. The van der Waals surface area contributed by atoms with E-state index in [1.165, 1.54) is 16.5 Å². The Balaban J connectivity index is 1.45.